The molecule has 1 saturated heterocycles. The van der Waals surface area contributed by atoms with Crippen molar-refractivity contribution in [3.05, 3.63) is 83.4 Å². The second-order valence-corrected chi connectivity index (χ2v) is 10.0. The minimum atomic E-state index is -0.131. The molecule has 0 radical (unpaired) electrons. The summed E-state index contributed by atoms with van der Waals surface area (Å²) in [5.74, 6) is -0.0897. The SMILES string of the molecule is Cc1cc([C@@H]2[C@H](c3ccccn3)NC(=S)N2CC(=O)Nc2ccccc2)c(C)n1C1CCCCC1. The standard InChI is InChI=1S/C28H33N5OS/c1-19-17-23(20(2)33(19)22-13-7-4-8-14-22)27-26(24-15-9-10-16-29-24)31-28(35)32(27)18-25(34)30-21-11-5-3-6-12-21/h3,5-6,9-12,15-17,22,26-27H,4,7-8,13-14,18H2,1-2H3,(H,30,34)(H,31,35)/t26-,27+/m0/s1. The third-order valence-electron chi connectivity index (χ3n) is 7.35. The summed E-state index contributed by atoms with van der Waals surface area (Å²) in [4.78, 5) is 19.8. The number of pyridine rings is 1. The molecule has 1 amide bonds. The number of aromatic nitrogens is 2. The van der Waals surface area contributed by atoms with Gasteiger partial charge in [-0.1, -0.05) is 43.5 Å². The van der Waals surface area contributed by atoms with Gasteiger partial charge in [-0.05, 0) is 74.8 Å². The van der Waals surface area contributed by atoms with E-state index in [0.29, 0.717) is 11.2 Å². The minimum absolute atomic E-state index is 0.0897. The largest absolute Gasteiger partial charge is 0.352 e. The van der Waals surface area contributed by atoms with Crippen LogP contribution in [-0.2, 0) is 4.79 Å². The second-order valence-electron chi connectivity index (χ2n) is 9.66. The summed E-state index contributed by atoms with van der Waals surface area (Å²) >= 11 is 5.79. The highest BCUT2D eigenvalue weighted by Crippen LogP contribution is 2.42. The molecule has 2 fully saturated rings. The first-order valence-corrected chi connectivity index (χ1v) is 12.9. The lowest BCUT2D eigenvalue weighted by Gasteiger charge is -2.29. The van der Waals surface area contributed by atoms with E-state index in [1.165, 1.54) is 49.1 Å². The van der Waals surface area contributed by atoms with E-state index >= 15 is 0 Å². The zero-order chi connectivity index (χ0) is 24.4. The van der Waals surface area contributed by atoms with Crippen molar-refractivity contribution in [3.8, 4) is 0 Å². The van der Waals surface area contributed by atoms with Crippen LogP contribution >= 0.6 is 12.2 Å². The third kappa shape index (κ3) is 4.82. The van der Waals surface area contributed by atoms with E-state index in [9.17, 15) is 4.79 Å². The molecule has 2 N–H and O–H groups in total. The number of aryl methyl sites for hydroxylation is 1. The highest BCUT2D eigenvalue weighted by Gasteiger charge is 2.42. The lowest BCUT2D eigenvalue weighted by molar-refractivity contribution is -0.116. The number of rotatable bonds is 6. The maximum atomic E-state index is 13.1. The van der Waals surface area contributed by atoms with E-state index in [0.717, 1.165) is 11.4 Å². The van der Waals surface area contributed by atoms with E-state index < -0.39 is 0 Å². The van der Waals surface area contributed by atoms with Crippen molar-refractivity contribution in [2.24, 2.45) is 0 Å². The molecule has 0 bridgehead atoms. The van der Waals surface area contributed by atoms with Crippen LogP contribution in [0.3, 0.4) is 0 Å². The van der Waals surface area contributed by atoms with Gasteiger partial charge < -0.3 is 20.1 Å². The fraction of sp³-hybridized carbons (Fsp3) is 0.393. The average Bonchev–Trinajstić information content (AvgIpc) is 3.35. The van der Waals surface area contributed by atoms with Crippen molar-refractivity contribution in [2.45, 2.75) is 64.1 Å². The Morgan fingerprint density at radius 3 is 2.54 bits per heavy atom. The van der Waals surface area contributed by atoms with Gasteiger partial charge in [-0.2, -0.15) is 0 Å². The van der Waals surface area contributed by atoms with Crippen LogP contribution in [0.4, 0.5) is 5.69 Å². The summed E-state index contributed by atoms with van der Waals surface area (Å²) in [6.07, 6.45) is 8.17. The van der Waals surface area contributed by atoms with Gasteiger partial charge in [-0.3, -0.25) is 9.78 Å². The molecule has 5 rings (SSSR count). The fourth-order valence-corrected chi connectivity index (χ4v) is 6.10. The Balaban J connectivity index is 1.49. The lowest BCUT2D eigenvalue weighted by Crippen LogP contribution is -2.37. The molecular formula is C28H33N5OS. The number of carbonyl (C=O) groups is 1. The monoisotopic (exact) mass is 487 g/mol. The zero-order valence-electron chi connectivity index (χ0n) is 20.4. The lowest BCUT2D eigenvalue weighted by atomic mass is 9.94. The van der Waals surface area contributed by atoms with Gasteiger partial charge >= 0.3 is 0 Å². The molecule has 1 aliphatic carbocycles. The summed E-state index contributed by atoms with van der Waals surface area (Å²) in [5, 5.41) is 7.07. The number of hydrogen-bond acceptors (Lipinski definition) is 3. The molecule has 6 nitrogen and oxygen atoms in total. The Morgan fingerprint density at radius 1 is 1.09 bits per heavy atom. The number of para-hydroxylation sites is 1. The molecule has 2 aliphatic rings. The number of anilines is 1. The molecule has 2 aromatic heterocycles. The van der Waals surface area contributed by atoms with Crippen molar-refractivity contribution >= 4 is 28.9 Å². The van der Waals surface area contributed by atoms with Crippen LogP contribution < -0.4 is 10.6 Å². The minimum Gasteiger partial charge on any atom is -0.352 e. The summed E-state index contributed by atoms with van der Waals surface area (Å²) in [7, 11) is 0. The number of hydrogen-bond donors (Lipinski definition) is 2. The molecule has 3 heterocycles. The van der Waals surface area contributed by atoms with Crippen molar-refractivity contribution in [1.29, 1.82) is 0 Å². The van der Waals surface area contributed by atoms with Crippen LogP contribution in [0.25, 0.3) is 0 Å². The van der Waals surface area contributed by atoms with Crippen molar-refractivity contribution in [2.75, 3.05) is 11.9 Å². The Kier molecular flexibility index (Phi) is 6.86. The molecule has 35 heavy (non-hydrogen) atoms. The maximum absolute atomic E-state index is 13.1. The number of amides is 1. The number of benzene rings is 1. The highest BCUT2D eigenvalue weighted by molar-refractivity contribution is 7.80. The van der Waals surface area contributed by atoms with E-state index in [1.54, 1.807) is 0 Å². The van der Waals surface area contributed by atoms with Crippen LogP contribution in [0.5, 0.6) is 0 Å². The highest BCUT2D eigenvalue weighted by atomic mass is 32.1. The molecule has 1 aromatic carbocycles. The van der Waals surface area contributed by atoms with Gasteiger partial charge in [0.25, 0.3) is 0 Å². The van der Waals surface area contributed by atoms with Gasteiger partial charge in [0.2, 0.25) is 5.91 Å². The Labute approximate surface area is 212 Å². The zero-order valence-corrected chi connectivity index (χ0v) is 21.2. The smallest absolute Gasteiger partial charge is 0.244 e. The molecule has 1 saturated carbocycles. The number of carbonyl (C=O) groups excluding carboxylic acids is 1. The number of nitrogens with one attached hydrogen (secondary N) is 2. The Morgan fingerprint density at radius 2 is 1.83 bits per heavy atom. The van der Waals surface area contributed by atoms with E-state index in [4.69, 9.17) is 12.2 Å². The first-order chi connectivity index (χ1) is 17.0. The molecule has 2 atom stereocenters. The van der Waals surface area contributed by atoms with Gasteiger partial charge in [0.15, 0.2) is 5.11 Å². The van der Waals surface area contributed by atoms with E-state index in [-0.39, 0.29) is 24.5 Å². The Bertz CT molecular complexity index is 1190. The van der Waals surface area contributed by atoms with Gasteiger partial charge in [-0.25, -0.2) is 0 Å². The van der Waals surface area contributed by atoms with Gasteiger partial charge in [-0.15, -0.1) is 0 Å². The quantitative estimate of drug-likeness (QED) is 0.442. The van der Waals surface area contributed by atoms with E-state index in [2.05, 4.69) is 40.1 Å². The molecule has 182 valence electrons. The van der Waals surface area contributed by atoms with Gasteiger partial charge in [0.1, 0.15) is 6.54 Å². The van der Waals surface area contributed by atoms with Gasteiger partial charge in [0, 0.05) is 29.3 Å². The molecule has 7 heteroatoms. The van der Waals surface area contributed by atoms with Crippen molar-refractivity contribution in [1.82, 2.24) is 19.8 Å². The summed E-state index contributed by atoms with van der Waals surface area (Å²) in [5.41, 5.74) is 5.46. The molecular weight excluding hydrogens is 454 g/mol. The summed E-state index contributed by atoms with van der Waals surface area (Å²) < 4.78 is 2.52. The maximum Gasteiger partial charge on any atom is 0.244 e. The fourth-order valence-electron chi connectivity index (χ4n) is 5.79. The van der Waals surface area contributed by atoms with Crippen molar-refractivity contribution in [3.63, 3.8) is 0 Å². The first kappa shape index (κ1) is 23.5. The van der Waals surface area contributed by atoms with Crippen molar-refractivity contribution < 1.29 is 4.79 Å². The van der Waals surface area contributed by atoms with Crippen LogP contribution in [-0.4, -0.2) is 32.0 Å². The van der Waals surface area contributed by atoms with Crippen LogP contribution in [0.2, 0.25) is 0 Å². The van der Waals surface area contributed by atoms with E-state index in [1.807, 2.05) is 59.6 Å². The summed E-state index contributed by atoms with van der Waals surface area (Å²) in [6.45, 7) is 4.59. The summed E-state index contributed by atoms with van der Waals surface area (Å²) in [6, 6.07) is 18.1. The van der Waals surface area contributed by atoms with Crippen LogP contribution in [0, 0.1) is 13.8 Å². The molecule has 0 spiro atoms. The predicted molar refractivity (Wildman–Crippen MR) is 143 cm³/mol. The normalized spacial score (nSPS) is 20.6. The van der Waals surface area contributed by atoms with Crippen LogP contribution in [0.1, 0.15) is 72.9 Å². The first-order valence-electron chi connectivity index (χ1n) is 12.5. The Hall–Kier alpha value is -3.19. The molecule has 3 aromatic rings. The van der Waals surface area contributed by atoms with Crippen LogP contribution in [0.15, 0.2) is 60.8 Å². The average molecular weight is 488 g/mol. The number of nitrogens with zero attached hydrogens (tertiary/aromatic N) is 3. The third-order valence-corrected chi connectivity index (χ3v) is 7.70. The second kappa shape index (κ2) is 10.2. The number of thiocarbonyl (C=S) groups is 1. The predicted octanol–water partition coefficient (Wildman–Crippen LogP) is 5.62. The van der Waals surface area contributed by atoms with Gasteiger partial charge in [0.05, 0.1) is 17.8 Å². The molecule has 0 unspecified atom stereocenters. The topological polar surface area (TPSA) is 62.2 Å². The molecule has 1 aliphatic heterocycles.